The van der Waals surface area contributed by atoms with Crippen LogP contribution in [0.5, 0.6) is 0 Å². The molecule has 1 atom stereocenters. The maximum atomic E-state index is 13.2. The number of thiazole rings is 1. The van der Waals surface area contributed by atoms with Crippen molar-refractivity contribution in [3.05, 3.63) is 46.7 Å². The zero-order valence-corrected chi connectivity index (χ0v) is 14.1. The highest BCUT2D eigenvalue weighted by Crippen LogP contribution is 2.24. The lowest BCUT2D eigenvalue weighted by Gasteiger charge is -2.21. The summed E-state index contributed by atoms with van der Waals surface area (Å²) in [5, 5.41) is 3.29. The third-order valence-corrected chi connectivity index (χ3v) is 4.92. The predicted molar refractivity (Wildman–Crippen MR) is 90.4 cm³/mol. The molecule has 24 heavy (non-hydrogen) atoms. The molecule has 1 saturated heterocycles. The lowest BCUT2D eigenvalue weighted by Crippen LogP contribution is -2.42. The van der Waals surface area contributed by atoms with Crippen LogP contribution in [0.25, 0.3) is 0 Å². The van der Waals surface area contributed by atoms with Crippen molar-refractivity contribution in [2.75, 3.05) is 11.9 Å². The first kappa shape index (κ1) is 16.6. The van der Waals surface area contributed by atoms with E-state index in [1.54, 1.807) is 17.2 Å². The fourth-order valence-electron chi connectivity index (χ4n) is 2.90. The van der Waals surface area contributed by atoms with E-state index in [9.17, 15) is 14.0 Å². The molecule has 1 N–H and O–H groups in total. The first-order valence-electron chi connectivity index (χ1n) is 7.80. The summed E-state index contributed by atoms with van der Waals surface area (Å²) in [4.78, 5) is 30.6. The van der Waals surface area contributed by atoms with Gasteiger partial charge in [-0.05, 0) is 30.5 Å². The maximum Gasteiger partial charge on any atom is 0.248 e. The van der Waals surface area contributed by atoms with Gasteiger partial charge in [0.15, 0.2) is 5.13 Å². The summed E-state index contributed by atoms with van der Waals surface area (Å²) < 4.78 is 13.2. The molecule has 126 valence electrons. The first-order valence-corrected chi connectivity index (χ1v) is 8.62. The van der Waals surface area contributed by atoms with Gasteiger partial charge < -0.3 is 10.2 Å². The third kappa shape index (κ3) is 3.79. The Morgan fingerprint density at radius 2 is 2.29 bits per heavy atom. The average molecular weight is 347 g/mol. The molecule has 1 aliphatic heterocycles. The number of nitrogens with one attached hydrogen (secondary N) is 1. The van der Waals surface area contributed by atoms with Crippen molar-refractivity contribution in [2.24, 2.45) is 0 Å². The van der Waals surface area contributed by atoms with E-state index in [0.717, 1.165) is 16.9 Å². The van der Waals surface area contributed by atoms with Gasteiger partial charge in [-0.25, -0.2) is 9.37 Å². The Labute approximate surface area is 143 Å². The van der Waals surface area contributed by atoms with Crippen molar-refractivity contribution in [3.8, 4) is 0 Å². The van der Waals surface area contributed by atoms with E-state index in [1.165, 1.54) is 30.4 Å². The number of benzene rings is 1. The van der Waals surface area contributed by atoms with Crippen LogP contribution in [0.15, 0.2) is 30.5 Å². The molecule has 3 rings (SSSR count). The van der Waals surface area contributed by atoms with E-state index in [0.29, 0.717) is 24.5 Å². The van der Waals surface area contributed by atoms with E-state index in [4.69, 9.17) is 0 Å². The maximum absolute atomic E-state index is 13.2. The van der Waals surface area contributed by atoms with Crippen LogP contribution in [-0.4, -0.2) is 34.3 Å². The highest BCUT2D eigenvalue weighted by atomic mass is 32.1. The van der Waals surface area contributed by atoms with Crippen molar-refractivity contribution >= 4 is 28.3 Å². The van der Waals surface area contributed by atoms with E-state index in [1.807, 2.05) is 6.07 Å². The molecule has 0 saturated carbocycles. The van der Waals surface area contributed by atoms with Crippen molar-refractivity contribution in [1.29, 1.82) is 0 Å². The second kappa shape index (κ2) is 7.09. The summed E-state index contributed by atoms with van der Waals surface area (Å²) in [5.41, 5.74) is 0.857. The van der Waals surface area contributed by atoms with E-state index < -0.39 is 6.04 Å². The molecule has 0 aliphatic carbocycles. The van der Waals surface area contributed by atoms with E-state index in [2.05, 4.69) is 10.3 Å². The van der Waals surface area contributed by atoms with E-state index in [-0.39, 0.29) is 17.6 Å². The molecule has 1 aliphatic rings. The minimum absolute atomic E-state index is 0.0846. The molecule has 2 aromatic rings. The van der Waals surface area contributed by atoms with Crippen molar-refractivity contribution in [2.45, 2.75) is 32.2 Å². The smallest absolute Gasteiger partial charge is 0.248 e. The molecule has 1 fully saturated rings. The number of hydrogen-bond donors (Lipinski definition) is 1. The number of anilines is 1. The Bertz CT molecular complexity index is 762. The number of rotatable bonds is 4. The highest BCUT2D eigenvalue weighted by Gasteiger charge is 2.32. The Morgan fingerprint density at radius 3 is 3.04 bits per heavy atom. The normalized spacial score (nSPS) is 17.1. The Kier molecular flexibility index (Phi) is 4.89. The molecular weight excluding hydrogens is 329 g/mol. The first-order chi connectivity index (χ1) is 11.5. The second-order valence-corrected chi connectivity index (χ2v) is 6.91. The van der Waals surface area contributed by atoms with Crippen LogP contribution in [0, 0.1) is 5.82 Å². The van der Waals surface area contributed by atoms with Crippen LogP contribution in [0.2, 0.25) is 0 Å². The molecular formula is C17H18FN3O2S. The summed E-state index contributed by atoms with van der Waals surface area (Å²) in [6.45, 7) is 2.10. The zero-order chi connectivity index (χ0) is 17.1. The minimum atomic E-state index is -0.418. The van der Waals surface area contributed by atoms with Gasteiger partial charge in [0, 0.05) is 31.0 Å². The molecule has 5 nitrogen and oxygen atoms in total. The third-order valence-electron chi connectivity index (χ3n) is 4.01. The quantitative estimate of drug-likeness (QED) is 0.925. The standard InChI is InChI=1S/C17H18FN3O2S/c1-11(22)21-7-3-6-15(21)16(23)20-17-19-10-14(24-17)9-12-4-2-5-13(18)8-12/h2,4-5,8,10,15H,3,6-7,9H2,1H3,(H,19,20,23)/t15-/m1/s1. The topological polar surface area (TPSA) is 62.3 Å². The van der Waals surface area contributed by atoms with Crippen LogP contribution >= 0.6 is 11.3 Å². The molecule has 2 heterocycles. The van der Waals surface area contributed by atoms with Crippen LogP contribution in [0.4, 0.5) is 9.52 Å². The average Bonchev–Trinajstić information content (AvgIpc) is 3.16. The molecule has 0 spiro atoms. The predicted octanol–water partition coefficient (Wildman–Crippen LogP) is 2.82. The second-order valence-electron chi connectivity index (χ2n) is 5.80. The number of carbonyl (C=O) groups excluding carboxylic acids is 2. The van der Waals surface area contributed by atoms with Gasteiger partial charge in [-0.15, -0.1) is 11.3 Å². The molecule has 1 aromatic carbocycles. The minimum Gasteiger partial charge on any atom is -0.331 e. The molecule has 0 radical (unpaired) electrons. The number of carbonyl (C=O) groups is 2. The Balaban J connectivity index is 1.63. The van der Waals surface area contributed by atoms with Crippen molar-refractivity contribution in [3.63, 3.8) is 0 Å². The lowest BCUT2D eigenvalue weighted by atomic mass is 10.1. The number of hydrogen-bond acceptors (Lipinski definition) is 4. The van der Waals surface area contributed by atoms with E-state index >= 15 is 0 Å². The van der Waals surface area contributed by atoms with Gasteiger partial charge in [0.2, 0.25) is 11.8 Å². The summed E-state index contributed by atoms with van der Waals surface area (Å²) in [7, 11) is 0. The van der Waals surface area contributed by atoms with Gasteiger partial charge in [-0.1, -0.05) is 12.1 Å². The Morgan fingerprint density at radius 1 is 1.46 bits per heavy atom. The summed E-state index contributed by atoms with van der Waals surface area (Å²) in [6.07, 6.45) is 3.75. The van der Waals surface area contributed by atoms with Gasteiger partial charge in [0.25, 0.3) is 0 Å². The van der Waals surface area contributed by atoms with Gasteiger partial charge in [0.05, 0.1) is 0 Å². The fourth-order valence-corrected chi connectivity index (χ4v) is 3.75. The van der Waals surface area contributed by atoms with Gasteiger partial charge in [-0.2, -0.15) is 0 Å². The number of amides is 2. The number of aromatic nitrogens is 1. The molecule has 2 amide bonds. The molecule has 0 bridgehead atoms. The Hall–Kier alpha value is -2.28. The highest BCUT2D eigenvalue weighted by molar-refractivity contribution is 7.15. The number of halogens is 1. The van der Waals surface area contributed by atoms with Crippen LogP contribution in [0.3, 0.4) is 0 Å². The molecule has 1 aromatic heterocycles. The van der Waals surface area contributed by atoms with Gasteiger partial charge in [0.1, 0.15) is 11.9 Å². The number of nitrogens with zero attached hydrogens (tertiary/aromatic N) is 2. The van der Waals surface area contributed by atoms with Crippen molar-refractivity contribution in [1.82, 2.24) is 9.88 Å². The van der Waals surface area contributed by atoms with Crippen LogP contribution in [0.1, 0.15) is 30.2 Å². The zero-order valence-electron chi connectivity index (χ0n) is 13.3. The fraction of sp³-hybridized carbons (Fsp3) is 0.353. The summed E-state index contributed by atoms with van der Waals surface area (Å²) >= 11 is 1.36. The monoisotopic (exact) mass is 347 g/mol. The largest absolute Gasteiger partial charge is 0.331 e. The summed E-state index contributed by atoms with van der Waals surface area (Å²) in [6, 6.07) is 6.00. The van der Waals surface area contributed by atoms with Crippen LogP contribution < -0.4 is 5.32 Å². The SMILES string of the molecule is CC(=O)N1CCC[C@@H]1C(=O)Nc1ncc(Cc2cccc(F)c2)s1. The van der Waals surface area contributed by atoms with Gasteiger partial charge in [-0.3, -0.25) is 9.59 Å². The summed E-state index contributed by atoms with van der Waals surface area (Å²) in [5.74, 6) is -0.552. The molecule has 0 unspecified atom stereocenters. The molecule has 7 heteroatoms. The lowest BCUT2D eigenvalue weighted by molar-refractivity contribution is -0.134. The van der Waals surface area contributed by atoms with Crippen molar-refractivity contribution < 1.29 is 14.0 Å². The van der Waals surface area contributed by atoms with Crippen LogP contribution in [-0.2, 0) is 16.0 Å². The number of likely N-dealkylation sites (tertiary alicyclic amines) is 1. The van der Waals surface area contributed by atoms with Gasteiger partial charge >= 0.3 is 0 Å².